The molecule has 3 nitrogen and oxygen atoms in total. The fourth-order valence-electron chi connectivity index (χ4n) is 1.43. The highest BCUT2D eigenvalue weighted by Crippen LogP contribution is 2.23. The molecule has 0 aliphatic heterocycles. The van der Waals surface area contributed by atoms with Crippen LogP contribution in [0, 0.1) is 23.8 Å². The quantitative estimate of drug-likeness (QED) is 0.668. The molecule has 4 heteroatoms. The van der Waals surface area contributed by atoms with Gasteiger partial charge in [-0.2, -0.15) is 0 Å². The molecule has 0 aromatic heterocycles. The minimum atomic E-state index is -1.37. The lowest BCUT2D eigenvalue weighted by molar-refractivity contribution is 0.279. The molecule has 1 aromatic carbocycles. The van der Waals surface area contributed by atoms with E-state index in [9.17, 15) is 5.11 Å². The minimum Gasteiger partial charge on any atom is -0.481 e. The smallest absolute Gasteiger partial charge is 0.148 e. The Morgan fingerprint density at radius 1 is 1.10 bits per heavy atom. The van der Waals surface area contributed by atoms with Gasteiger partial charge < -0.3 is 14.6 Å². The molecule has 0 spiro atoms. The molecule has 0 atom stereocenters. The molecule has 20 heavy (non-hydrogen) atoms. The predicted molar refractivity (Wildman–Crippen MR) is 83.3 cm³/mol. The number of hydrogen-bond donors (Lipinski definition) is 1. The molecule has 1 N–H and O–H groups in total. The maximum Gasteiger partial charge on any atom is 0.148 e. The Hall–Kier alpha value is -1.88. The van der Waals surface area contributed by atoms with Gasteiger partial charge in [-0.05, 0) is 17.7 Å². The average Bonchev–Trinajstić information content (AvgIpc) is 2.40. The topological polar surface area (TPSA) is 38.7 Å². The SMILES string of the molecule is C#CCOc1cc(CO)cc(OCC#C[Si](C)(C)C)c1. The third-order valence-corrected chi connectivity index (χ3v) is 3.15. The Balaban J connectivity index is 2.73. The summed E-state index contributed by atoms with van der Waals surface area (Å²) in [4.78, 5) is 0. The lowest BCUT2D eigenvalue weighted by Gasteiger charge is -2.09. The molecule has 0 fully saturated rings. The van der Waals surface area contributed by atoms with Crippen LogP contribution in [-0.2, 0) is 6.61 Å². The molecule has 0 saturated carbocycles. The first-order valence-electron chi connectivity index (χ1n) is 6.38. The van der Waals surface area contributed by atoms with Crippen LogP contribution in [0.4, 0.5) is 0 Å². The summed E-state index contributed by atoms with van der Waals surface area (Å²) in [5.74, 6) is 6.63. The molecule has 1 aromatic rings. The van der Waals surface area contributed by atoms with Gasteiger partial charge in [-0.1, -0.05) is 31.5 Å². The van der Waals surface area contributed by atoms with E-state index in [2.05, 4.69) is 37.0 Å². The van der Waals surface area contributed by atoms with Gasteiger partial charge >= 0.3 is 0 Å². The van der Waals surface area contributed by atoms with Crippen molar-refractivity contribution in [2.75, 3.05) is 13.2 Å². The highest BCUT2D eigenvalue weighted by molar-refractivity contribution is 6.83. The average molecular weight is 288 g/mol. The van der Waals surface area contributed by atoms with E-state index in [1.54, 1.807) is 18.2 Å². The molecule has 0 radical (unpaired) electrons. The molecule has 0 aliphatic carbocycles. The van der Waals surface area contributed by atoms with Crippen LogP contribution in [0.5, 0.6) is 11.5 Å². The van der Waals surface area contributed by atoms with Crippen molar-refractivity contribution in [3.63, 3.8) is 0 Å². The van der Waals surface area contributed by atoms with E-state index < -0.39 is 8.07 Å². The zero-order chi connectivity index (χ0) is 15.0. The van der Waals surface area contributed by atoms with E-state index >= 15 is 0 Å². The molecule has 0 bridgehead atoms. The van der Waals surface area contributed by atoms with Gasteiger partial charge in [0.15, 0.2) is 0 Å². The van der Waals surface area contributed by atoms with E-state index in [-0.39, 0.29) is 13.2 Å². The van der Waals surface area contributed by atoms with Crippen LogP contribution >= 0.6 is 0 Å². The fourth-order valence-corrected chi connectivity index (χ4v) is 2.04. The van der Waals surface area contributed by atoms with Crippen molar-refractivity contribution in [3.05, 3.63) is 23.8 Å². The fraction of sp³-hybridized carbons (Fsp3) is 0.375. The summed E-state index contributed by atoms with van der Waals surface area (Å²) in [6.45, 7) is 6.97. The zero-order valence-corrected chi connectivity index (χ0v) is 13.2. The third-order valence-electron chi connectivity index (χ3n) is 2.22. The van der Waals surface area contributed by atoms with Crippen molar-refractivity contribution in [2.45, 2.75) is 26.2 Å². The Morgan fingerprint density at radius 2 is 1.70 bits per heavy atom. The van der Waals surface area contributed by atoms with Gasteiger partial charge in [0.2, 0.25) is 0 Å². The first kappa shape index (κ1) is 16.2. The Labute approximate surface area is 121 Å². The third kappa shape index (κ3) is 6.33. The number of aliphatic hydroxyl groups is 1. The van der Waals surface area contributed by atoms with Crippen molar-refractivity contribution in [3.8, 4) is 35.3 Å². The molecular formula is C16H20O3Si. The molecular weight excluding hydrogens is 268 g/mol. The van der Waals surface area contributed by atoms with Crippen LogP contribution in [0.1, 0.15) is 5.56 Å². The number of aliphatic hydroxyl groups excluding tert-OH is 1. The second-order valence-electron chi connectivity index (χ2n) is 5.30. The Bertz CT molecular complexity index is 542. The van der Waals surface area contributed by atoms with Gasteiger partial charge in [-0.15, -0.1) is 12.0 Å². The van der Waals surface area contributed by atoms with Crippen LogP contribution in [0.25, 0.3) is 0 Å². The second kappa shape index (κ2) is 7.64. The highest BCUT2D eigenvalue weighted by Gasteiger charge is 2.07. The number of hydrogen-bond acceptors (Lipinski definition) is 3. The van der Waals surface area contributed by atoms with Crippen molar-refractivity contribution in [1.29, 1.82) is 0 Å². The highest BCUT2D eigenvalue weighted by atomic mass is 28.3. The van der Waals surface area contributed by atoms with Gasteiger partial charge in [-0.25, -0.2) is 0 Å². The molecule has 0 unspecified atom stereocenters. The lowest BCUT2D eigenvalue weighted by Crippen LogP contribution is -2.16. The summed E-state index contributed by atoms with van der Waals surface area (Å²) in [5, 5.41) is 9.22. The van der Waals surface area contributed by atoms with Crippen molar-refractivity contribution >= 4 is 8.07 Å². The number of benzene rings is 1. The number of rotatable bonds is 5. The summed E-state index contributed by atoms with van der Waals surface area (Å²) in [6.07, 6.45) is 5.15. The summed E-state index contributed by atoms with van der Waals surface area (Å²) >= 11 is 0. The summed E-state index contributed by atoms with van der Waals surface area (Å²) in [5.41, 5.74) is 3.94. The zero-order valence-electron chi connectivity index (χ0n) is 12.2. The van der Waals surface area contributed by atoms with Crippen molar-refractivity contribution in [1.82, 2.24) is 0 Å². The van der Waals surface area contributed by atoms with Crippen LogP contribution in [0.2, 0.25) is 19.6 Å². The van der Waals surface area contributed by atoms with Crippen LogP contribution in [0.3, 0.4) is 0 Å². The van der Waals surface area contributed by atoms with Crippen LogP contribution in [-0.4, -0.2) is 26.4 Å². The summed E-state index contributed by atoms with van der Waals surface area (Å²) in [7, 11) is -1.37. The van der Waals surface area contributed by atoms with E-state index in [4.69, 9.17) is 15.9 Å². The van der Waals surface area contributed by atoms with E-state index in [1.165, 1.54) is 0 Å². The monoisotopic (exact) mass is 288 g/mol. The first-order valence-corrected chi connectivity index (χ1v) is 9.88. The summed E-state index contributed by atoms with van der Waals surface area (Å²) < 4.78 is 10.9. The first-order chi connectivity index (χ1) is 9.44. The van der Waals surface area contributed by atoms with E-state index in [0.29, 0.717) is 23.7 Å². The maximum absolute atomic E-state index is 9.22. The molecule has 0 saturated heterocycles. The molecule has 0 heterocycles. The Morgan fingerprint density at radius 3 is 2.20 bits per heavy atom. The van der Waals surface area contributed by atoms with Gasteiger partial charge in [0.1, 0.15) is 32.8 Å². The van der Waals surface area contributed by atoms with Gasteiger partial charge in [-0.3, -0.25) is 0 Å². The Kier molecular flexibility index (Phi) is 6.18. The van der Waals surface area contributed by atoms with Crippen molar-refractivity contribution < 1.29 is 14.6 Å². The summed E-state index contributed by atoms with van der Waals surface area (Å²) in [6, 6.07) is 5.24. The van der Waals surface area contributed by atoms with E-state index in [1.807, 2.05) is 0 Å². The van der Waals surface area contributed by atoms with Crippen LogP contribution in [0.15, 0.2) is 18.2 Å². The maximum atomic E-state index is 9.22. The van der Waals surface area contributed by atoms with Gasteiger partial charge in [0, 0.05) is 6.07 Å². The molecule has 106 valence electrons. The predicted octanol–water partition coefficient (Wildman–Crippen LogP) is 2.45. The number of ether oxygens (including phenoxy) is 2. The minimum absolute atomic E-state index is 0.0792. The molecule has 0 amide bonds. The lowest BCUT2D eigenvalue weighted by atomic mass is 10.2. The van der Waals surface area contributed by atoms with E-state index in [0.717, 1.165) is 0 Å². The largest absolute Gasteiger partial charge is 0.481 e. The molecule has 0 aliphatic rings. The van der Waals surface area contributed by atoms with Gasteiger partial charge in [0.05, 0.1) is 6.61 Å². The van der Waals surface area contributed by atoms with Gasteiger partial charge in [0.25, 0.3) is 0 Å². The molecule has 1 rings (SSSR count). The number of terminal acetylenes is 1. The standard InChI is InChI=1S/C16H20O3Si/c1-5-7-18-15-10-14(13-17)11-16(12-15)19-8-6-9-20(2,3)4/h1,10-12,17H,7-8,13H2,2-4H3. The van der Waals surface area contributed by atoms with Crippen LogP contribution < -0.4 is 9.47 Å². The second-order valence-corrected chi connectivity index (χ2v) is 10.1. The van der Waals surface area contributed by atoms with Crippen molar-refractivity contribution in [2.24, 2.45) is 0 Å². The normalized spacial score (nSPS) is 10.2.